The molecule has 1 saturated carbocycles. The third-order valence-electron chi connectivity index (χ3n) is 7.62. The maximum absolute atomic E-state index is 15.2. The highest BCUT2D eigenvalue weighted by Crippen LogP contribution is 2.53. The Morgan fingerprint density at radius 1 is 1.20 bits per heavy atom. The van der Waals surface area contributed by atoms with Gasteiger partial charge >= 0.3 is 0 Å². The molecule has 1 spiro atoms. The van der Waals surface area contributed by atoms with Gasteiger partial charge in [0.1, 0.15) is 16.7 Å². The first-order valence-electron chi connectivity index (χ1n) is 11.5. The van der Waals surface area contributed by atoms with Gasteiger partial charge in [0.15, 0.2) is 10.7 Å². The first kappa shape index (κ1) is 24.6. The van der Waals surface area contributed by atoms with Gasteiger partial charge in [0, 0.05) is 50.8 Å². The number of nitrogens with one attached hydrogen (secondary N) is 1. The zero-order chi connectivity index (χ0) is 25.0. The van der Waals surface area contributed by atoms with Crippen molar-refractivity contribution in [2.45, 2.75) is 42.7 Å². The van der Waals surface area contributed by atoms with Gasteiger partial charge in [-0.15, -0.1) is 0 Å². The fraction of sp³-hybridized carbons (Fsp3) is 0.522. The molecule has 35 heavy (non-hydrogen) atoms. The smallest absolute Gasteiger partial charge is 0.268 e. The highest BCUT2D eigenvalue weighted by molar-refractivity contribution is 7.92. The standard InChI is InChI=1S/C23H26ClF3N4O3S/c1-34-14-6-9-30(12-14)17-5-7-23(17)8-10-31(13-23)16-11-15(25)22(21(27)20(16)24)35(32,33)29-19-4-2-3-18(26)28-19/h2-4,11,14,17H,5-10,12-13H2,1H3,(H,28,29)/t14-,17+,23+/m1/s1. The van der Waals surface area contributed by atoms with Gasteiger partial charge in [-0.2, -0.15) is 4.39 Å². The number of benzene rings is 1. The Hall–Kier alpha value is -2.08. The Bertz CT molecular complexity index is 1250. The van der Waals surface area contributed by atoms with E-state index in [-0.39, 0.29) is 17.2 Å². The molecular formula is C23H26ClF3N4O3S. The monoisotopic (exact) mass is 530 g/mol. The van der Waals surface area contributed by atoms with Crippen molar-refractivity contribution in [1.82, 2.24) is 9.88 Å². The van der Waals surface area contributed by atoms with Crippen LogP contribution in [0.15, 0.2) is 29.2 Å². The van der Waals surface area contributed by atoms with Gasteiger partial charge in [-0.05, 0) is 37.8 Å². The molecule has 2 saturated heterocycles. The van der Waals surface area contributed by atoms with Gasteiger partial charge in [-0.3, -0.25) is 9.62 Å². The van der Waals surface area contributed by atoms with Gasteiger partial charge in [0.25, 0.3) is 10.0 Å². The maximum Gasteiger partial charge on any atom is 0.268 e. The van der Waals surface area contributed by atoms with Gasteiger partial charge in [0.2, 0.25) is 5.95 Å². The number of nitrogens with zero attached hydrogens (tertiary/aromatic N) is 3. The summed E-state index contributed by atoms with van der Waals surface area (Å²) in [5, 5.41) is -0.465. The number of likely N-dealkylation sites (tertiary alicyclic amines) is 1. The zero-order valence-corrected chi connectivity index (χ0v) is 20.7. The number of rotatable bonds is 6. The normalized spacial score (nSPS) is 26.9. The summed E-state index contributed by atoms with van der Waals surface area (Å²) in [6.07, 6.45) is 4.16. The highest BCUT2D eigenvalue weighted by atomic mass is 35.5. The molecular weight excluding hydrogens is 505 g/mol. The van der Waals surface area contributed by atoms with E-state index in [1.165, 1.54) is 12.1 Å². The zero-order valence-electron chi connectivity index (χ0n) is 19.1. The average Bonchev–Trinajstić information content (AvgIpc) is 3.44. The van der Waals surface area contributed by atoms with Crippen LogP contribution in [0, 0.1) is 23.0 Å². The molecule has 2 aliphatic heterocycles. The molecule has 1 aromatic heterocycles. The number of halogens is 4. The van der Waals surface area contributed by atoms with Gasteiger partial charge in [-0.1, -0.05) is 17.7 Å². The van der Waals surface area contributed by atoms with E-state index < -0.39 is 43.3 Å². The predicted molar refractivity (Wildman–Crippen MR) is 126 cm³/mol. The Balaban J connectivity index is 1.38. The number of hydrogen-bond acceptors (Lipinski definition) is 6. The van der Waals surface area contributed by atoms with Crippen molar-refractivity contribution in [1.29, 1.82) is 0 Å². The molecule has 3 atom stereocenters. The Morgan fingerprint density at radius 3 is 2.66 bits per heavy atom. The molecule has 0 amide bonds. The number of aromatic nitrogens is 1. The second-order valence-electron chi connectivity index (χ2n) is 9.52. The molecule has 0 radical (unpaired) electrons. The molecule has 190 valence electrons. The quantitative estimate of drug-likeness (QED) is 0.449. The molecule has 12 heteroatoms. The molecule has 0 bridgehead atoms. The van der Waals surface area contributed by atoms with Crippen molar-refractivity contribution < 1.29 is 26.3 Å². The van der Waals surface area contributed by atoms with E-state index in [9.17, 15) is 12.8 Å². The van der Waals surface area contributed by atoms with E-state index in [1.54, 1.807) is 7.11 Å². The number of hydrogen-bond donors (Lipinski definition) is 1. The lowest BCUT2D eigenvalue weighted by Gasteiger charge is -2.51. The fourth-order valence-electron chi connectivity index (χ4n) is 5.75. The molecule has 3 aliphatic rings. The molecule has 1 aliphatic carbocycles. The highest BCUT2D eigenvalue weighted by Gasteiger charge is 2.54. The molecule has 3 fully saturated rings. The number of methoxy groups -OCH3 is 1. The summed E-state index contributed by atoms with van der Waals surface area (Å²) >= 11 is 6.26. The van der Waals surface area contributed by atoms with Crippen molar-refractivity contribution in [3.63, 3.8) is 0 Å². The van der Waals surface area contributed by atoms with Crippen LogP contribution in [0.25, 0.3) is 0 Å². The summed E-state index contributed by atoms with van der Waals surface area (Å²) in [6.45, 7) is 3.00. The number of ether oxygens (including phenoxy) is 1. The lowest BCUT2D eigenvalue weighted by Crippen LogP contribution is -2.56. The summed E-state index contributed by atoms with van der Waals surface area (Å²) in [4.78, 5) is 6.43. The van der Waals surface area contributed by atoms with Crippen LogP contribution in [0.2, 0.25) is 5.02 Å². The SMILES string of the molecule is CO[C@@H]1CCN([C@H]2CC[C@@]23CCN(c2cc(F)c(S(=O)(=O)Nc4cccc(F)n4)c(F)c2Cl)C3)C1. The van der Waals surface area contributed by atoms with Crippen LogP contribution in [0.5, 0.6) is 0 Å². The summed E-state index contributed by atoms with van der Waals surface area (Å²) < 4.78 is 76.4. The van der Waals surface area contributed by atoms with Crippen LogP contribution in [-0.2, 0) is 14.8 Å². The van der Waals surface area contributed by atoms with Gasteiger partial charge in [-0.25, -0.2) is 22.2 Å². The minimum atomic E-state index is -4.75. The molecule has 2 aromatic rings. The van der Waals surface area contributed by atoms with Gasteiger partial charge < -0.3 is 9.64 Å². The Kier molecular flexibility index (Phi) is 6.40. The van der Waals surface area contributed by atoms with Crippen molar-refractivity contribution in [3.05, 3.63) is 46.9 Å². The van der Waals surface area contributed by atoms with E-state index in [4.69, 9.17) is 16.3 Å². The largest absolute Gasteiger partial charge is 0.380 e. The first-order valence-corrected chi connectivity index (χ1v) is 13.3. The minimum Gasteiger partial charge on any atom is -0.380 e. The predicted octanol–water partition coefficient (Wildman–Crippen LogP) is 4.03. The third kappa shape index (κ3) is 4.36. The molecule has 7 nitrogen and oxygen atoms in total. The fourth-order valence-corrected chi connectivity index (χ4v) is 7.22. The molecule has 3 heterocycles. The number of anilines is 2. The molecule has 0 unspecified atom stereocenters. The molecule has 1 aromatic carbocycles. The van der Waals surface area contributed by atoms with E-state index in [0.29, 0.717) is 19.1 Å². The van der Waals surface area contributed by atoms with Crippen molar-refractivity contribution in [2.24, 2.45) is 5.41 Å². The summed E-state index contributed by atoms with van der Waals surface area (Å²) in [5.74, 6) is -4.01. The van der Waals surface area contributed by atoms with Crippen molar-refractivity contribution >= 4 is 33.1 Å². The lowest BCUT2D eigenvalue weighted by molar-refractivity contribution is -0.00739. The van der Waals surface area contributed by atoms with Crippen molar-refractivity contribution in [3.8, 4) is 0 Å². The van der Waals surface area contributed by atoms with Crippen LogP contribution in [0.4, 0.5) is 24.7 Å². The molecule has 1 N–H and O–H groups in total. The van der Waals surface area contributed by atoms with Crippen LogP contribution in [0.3, 0.4) is 0 Å². The van der Waals surface area contributed by atoms with Crippen molar-refractivity contribution in [2.75, 3.05) is 42.9 Å². The van der Waals surface area contributed by atoms with Crippen LogP contribution in [-0.4, -0.2) is 63.7 Å². The van der Waals surface area contributed by atoms with Gasteiger partial charge in [0.05, 0.1) is 11.8 Å². The average molecular weight is 531 g/mol. The van der Waals surface area contributed by atoms with E-state index >= 15 is 8.78 Å². The second kappa shape index (κ2) is 9.10. The van der Waals surface area contributed by atoms with E-state index in [0.717, 1.165) is 50.9 Å². The van der Waals surface area contributed by atoms with E-state index in [2.05, 4.69) is 9.88 Å². The summed E-state index contributed by atoms with van der Waals surface area (Å²) in [5.41, 5.74) is 0.136. The first-order chi connectivity index (χ1) is 16.6. The Labute approximate surface area is 207 Å². The van der Waals surface area contributed by atoms with Crippen LogP contribution >= 0.6 is 11.6 Å². The van der Waals surface area contributed by atoms with Crippen LogP contribution < -0.4 is 9.62 Å². The van der Waals surface area contributed by atoms with Crippen LogP contribution in [0.1, 0.15) is 25.7 Å². The number of pyridine rings is 1. The second-order valence-corrected chi connectivity index (χ2v) is 11.5. The number of sulfonamides is 1. The van der Waals surface area contributed by atoms with E-state index in [1.807, 2.05) is 9.62 Å². The third-order valence-corrected chi connectivity index (χ3v) is 9.37. The minimum absolute atomic E-state index is 0.00820. The molecule has 5 rings (SSSR count). The summed E-state index contributed by atoms with van der Waals surface area (Å²) in [7, 11) is -3.03. The topological polar surface area (TPSA) is 74.8 Å². The lowest BCUT2D eigenvalue weighted by atomic mass is 9.63. The maximum atomic E-state index is 15.2. The Morgan fingerprint density at radius 2 is 2.00 bits per heavy atom. The summed E-state index contributed by atoms with van der Waals surface area (Å²) in [6, 6.07) is 4.74.